The number of carbonyl (C=O) groups excluding carboxylic acids is 1. The van der Waals surface area contributed by atoms with Crippen LogP contribution in [0.2, 0.25) is 10.0 Å². The normalized spacial score (nSPS) is 17.5. The van der Waals surface area contributed by atoms with Crippen molar-refractivity contribution >= 4 is 46.4 Å². The predicted molar refractivity (Wildman–Crippen MR) is 98.2 cm³/mol. The Balaban J connectivity index is 1.68. The molecule has 0 saturated carbocycles. The molecule has 1 fully saturated rings. The number of rotatable bonds is 4. The van der Waals surface area contributed by atoms with Crippen LogP contribution < -0.4 is 0 Å². The van der Waals surface area contributed by atoms with E-state index in [-0.39, 0.29) is 18.9 Å². The molecule has 1 N–H and O–H groups in total. The molecule has 8 heteroatoms. The first-order valence-electron chi connectivity index (χ1n) is 7.84. The van der Waals surface area contributed by atoms with Crippen LogP contribution in [-0.4, -0.2) is 40.0 Å². The van der Waals surface area contributed by atoms with E-state index in [0.29, 0.717) is 35.1 Å². The van der Waals surface area contributed by atoms with Crippen molar-refractivity contribution in [3.63, 3.8) is 0 Å². The minimum absolute atomic E-state index is 0.0926. The Morgan fingerprint density at radius 1 is 1.36 bits per heavy atom. The number of aromatic nitrogens is 1. The first-order chi connectivity index (χ1) is 11.9. The summed E-state index contributed by atoms with van der Waals surface area (Å²) in [5.41, 5.74) is 1.44. The van der Waals surface area contributed by atoms with Gasteiger partial charge in [0, 0.05) is 29.1 Å². The highest BCUT2D eigenvalue weighted by Crippen LogP contribution is 2.32. The molecule has 1 saturated heterocycles. The lowest BCUT2D eigenvalue weighted by Gasteiger charge is -2.30. The molecule has 2 aromatic rings. The second-order valence-electron chi connectivity index (χ2n) is 5.96. The molecule has 0 aliphatic carbocycles. The van der Waals surface area contributed by atoms with Gasteiger partial charge in [0.05, 0.1) is 23.1 Å². The Hall–Kier alpha value is -1.63. The highest BCUT2D eigenvalue weighted by Gasteiger charge is 2.28. The maximum atomic E-state index is 12.4. The first-order valence-corrected chi connectivity index (χ1v) is 9.48. The van der Waals surface area contributed by atoms with Gasteiger partial charge in [-0.25, -0.2) is 4.98 Å². The van der Waals surface area contributed by atoms with Crippen LogP contribution in [0.1, 0.15) is 18.5 Å². The monoisotopic (exact) mass is 398 g/mol. The van der Waals surface area contributed by atoms with Crippen LogP contribution in [0.25, 0.3) is 10.6 Å². The maximum absolute atomic E-state index is 12.4. The summed E-state index contributed by atoms with van der Waals surface area (Å²) in [4.78, 5) is 29.7. The van der Waals surface area contributed by atoms with Gasteiger partial charge in [0.25, 0.3) is 0 Å². The number of nitrogens with zero attached hydrogens (tertiary/aromatic N) is 2. The summed E-state index contributed by atoms with van der Waals surface area (Å²) in [5.74, 6) is -1.41. The summed E-state index contributed by atoms with van der Waals surface area (Å²) in [7, 11) is 0. The number of amides is 1. The van der Waals surface area contributed by atoms with Gasteiger partial charge in [-0.15, -0.1) is 11.3 Å². The second kappa shape index (κ2) is 7.72. The molecule has 1 aromatic heterocycles. The van der Waals surface area contributed by atoms with E-state index in [2.05, 4.69) is 4.98 Å². The number of likely N-dealkylation sites (tertiary alicyclic amines) is 1. The molecule has 0 bridgehead atoms. The van der Waals surface area contributed by atoms with Crippen LogP contribution >= 0.6 is 34.5 Å². The number of carbonyl (C=O) groups is 2. The van der Waals surface area contributed by atoms with E-state index in [0.717, 1.165) is 10.6 Å². The standard InChI is InChI=1S/C17H16Cl2N2O3S/c18-11-3-4-13(14(19)6-11)16-20-12(9-25-16)7-15(22)21-5-1-2-10(8-21)17(23)24/h3-4,6,9-10H,1-2,5,7-8H2,(H,23,24). The number of piperidine rings is 1. The van der Waals surface area contributed by atoms with E-state index in [1.165, 1.54) is 11.3 Å². The molecule has 0 spiro atoms. The topological polar surface area (TPSA) is 70.5 Å². The minimum Gasteiger partial charge on any atom is -0.481 e. The quantitative estimate of drug-likeness (QED) is 0.844. The Kier molecular flexibility index (Phi) is 5.61. The molecule has 0 radical (unpaired) electrons. The van der Waals surface area contributed by atoms with E-state index < -0.39 is 11.9 Å². The third-order valence-electron chi connectivity index (χ3n) is 4.17. The van der Waals surface area contributed by atoms with Crippen molar-refractivity contribution in [3.05, 3.63) is 39.3 Å². The van der Waals surface area contributed by atoms with Gasteiger partial charge < -0.3 is 10.0 Å². The van der Waals surface area contributed by atoms with Crippen molar-refractivity contribution in [1.82, 2.24) is 9.88 Å². The summed E-state index contributed by atoms with van der Waals surface area (Å²) >= 11 is 13.5. The molecule has 5 nitrogen and oxygen atoms in total. The lowest BCUT2D eigenvalue weighted by atomic mass is 9.98. The van der Waals surface area contributed by atoms with Crippen molar-refractivity contribution in [2.75, 3.05) is 13.1 Å². The van der Waals surface area contributed by atoms with Crippen LogP contribution in [0.3, 0.4) is 0 Å². The number of halogens is 2. The van der Waals surface area contributed by atoms with Gasteiger partial charge in [-0.2, -0.15) is 0 Å². The Bertz CT molecular complexity index is 809. The molecule has 1 amide bonds. The van der Waals surface area contributed by atoms with E-state index >= 15 is 0 Å². The van der Waals surface area contributed by atoms with Gasteiger partial charge in [0.15, 0.2) is 0 Å². The SMILES string of the molecule is O=C(O)C1CCCN(C(=O)Cc2csc(-c3ccc(Cl)cc3Cl)n2)C1. The van der Waals surface area contributed by atoms with Crippen LogP contribution in [0, 0.1) is 5.92 Å². The van der Waals surface area contributed by atoms with Crippen LogP contribution in [0.4, 0.5) is 0 Å². The highest BCUT2D eigenvalue weighted by molar-refractivity contribution is 7.13. The number of aliphatic carboxylic acids is 1. The molecule has 1 aliphatic heterocycles. The zero-order valence-corrected chi connectivity index (χ0v) is 15.6. The van der Waals surface area contributed by atoms with Gasteiger partial charge in [0.2, 0.25) is 5.91 Å². The van der Waals surface area contributed by atoms with Crippen molar-refractivity contribution in [3.8, 4) is 10.6 Å². The fraction of sp³-hybridized carbons (Fsp3) is 0.353. The van der Waals surface area contributed by atoms with Crippen molar-refractivity contribution in [1.29, 1.82) is 0 Å². The van der Waals surface area contributed by atoms with Crippen LogP contribution in [-0.2, 0) is 16.0 Å². The fourth-order valence-corrected chi connectivity index (χ4v) is 4.26. The molecule has 1 aliphatic rings. The van der Waals surface area contributed by atoms with Crippen molar-refractivity contribution < 1.29 is 14.7 Å². The molecule has 132 valence electrons. The number of benzene rings is 1. The second-order valence-corrected chi connectivity index (χ2v) is 7.66. The van der Waals surface area contributed by atoms with Gasteiger partial charge in [-0.05, 0) is 31.0 Å². The molecule has 2 heterocycles. The fourth-order valence-electron chi connectivity index (χ4n) is 2.85. The molecule has 1 unspecified atom stereocenters. The molecule has 1 atom stereocenters. The molecule has 3 rings (SSSR count). The average molecular weight is 399 g/mol. The molecular formula is C17H16Cl2N2O3S. The Morgan fingerprint density at radius 3 is 2.88 bits per heavy atom. The van der Waals surface area contributed by atoms with Crippen molar-refractivity contribution in [2.45, 2.75) is 19.3 Å². The van der Waals surface area contributed by atoms with Crippen LogP contribution in [0.5, 0.6) is 0 Å². The van der Waals surface area contributed by atoms with Gasteiger partial charge in [0.1, 0.15) is 5.01 Å². The lowest BCUT2D eigenvalue weighted by Crippen LogP contribution is -2.43. The smallest absolute Gasteiger partial charge is 0.308 e. The van der Waals surface area contributed by atoms with Gasteiger partial charge >= 0.3 is 5.97 Å². The van der Waals surface area contributed by atoms with E-state index in [9.17, 15) is 9.59 Å². The zero-order chi connectivity index (χ0) is 18.0. The summed E-state index contributed by atoms with van der Waals surface area (Å²) in [6, 6.07) is 5.20. The largest absolute Gasteiger partial charge is 0.481 e. The summed E-state index contributed by atoms with van der Waals surface area (Å²) in [5, 5.41) is 12.8. The summed E-state index contributed by atoms with van der Waals surface area (Å²) in [6.07, 6.45) is 1.49. The Morgan fingerprint density at radius 2 is 2.16 bits per heavy atom. The number of hydrogen-bond donors (Lipinski definition) is 1. The molecule has 25 heavy (non-hydrogen) atoms. The van der Waals surface area contributed by atoms with E-state index in [1.807, 2.05) is 5.38 Å². The van der Waals surface area contributed by atoms with Gasteiger partial charge in [-0.3, -0.25) is 9.59 Å². The number of carboxylic acids is 1. The first kappa shape index (κ1) is 18.2. The Labute approximate surface area is 159 Å². The molecular weight excluding hydrogens is 383 g/mol. The minimum atomic E-state index is -0.842. The maximum Gasteiger partial charge on any atom is 0.308 e. The average Bonchev–Trinajstić information content (AvgIpc) is 3.03. The number of carboxylic acid groups (broad SMARTS) is 1. The van der Waals surface area contributed by atoms with E-state index in [4.69, 9.17) is 28.3 Å². The zero-order valence-electron chi connectivity index (χ0n) is 13.2. The summed E-state index contributed by atoms with van der Waals surface area (Å²) < 4.78 is 0. The molecule has 1 aromatic carbocycles. The van der Waals surface area contributed by atoms with Crippen LogP contribution in [0.15, 0.2) is 23.6 Å². The lowest BCUT2D eigenvalue weighted by molar-refractivity contribution is -0.145. The van der Waals surface area contributed by atoms with E-state index in [1.54, 1.807) is 23.1 Å². The summed E-state index contributed by atoms with van der Waals surface area (Å²) in [6.45, 7) is 0.872. The number of thiazole rings is 1. The highest BCUT2D eigenvalue weighted by atomic mass is 35.5. The number of hydrogen-bond acceptors (Lipinski definition) is 4. The van der Waals surface area contributed by atoms with Gasteiger partial charge in [-0.1, -0.05) is 23.2 Å². The third-order valence-corrected chi connectivity index (χ3v) is 5.64. The third kappa shape index (κ3) is 4.32. The predicted octanol–water partition coefficient (Wildman–Crippen LogP) is 3.98. The van der Waals surface area contributed by atoms with Crippen molar-refractivity contribution in [2.24, 2.45) is 5.92 Å².